The molecule has 0 aromatic heterocycles. The molecule has 0 radical (unpaired) electrons. The predicted octanol–water partition coefficient (Wildman–Crippen LogP) is 5.95. The smallest absolute Gasteiger partial charge is 0.255 e. The van der Waals surface area contributed by atoms with Crippen molar-refractivity contribution < 1.29 is 13.2 Å². The van der Waals surface area contributed by atoms with Gasteiger partial charge in [-0.1, -0.05) is 66.7 Å². The van der Waals surface area contributed by atoms with Gasteiger partial charge in [0.2, 0.25) is 10.0 Å². The Morgan fingerprint density at radius 1 is 0.795 bits per heavy atom. The summed E-state index contributed by atoms with van der Waals surface area (Å²) >= 11 is 2.20. The Balaban J connectivity index is 1.26. The van der Waals surface area contributed by atoms with Crippen molar-refractivity contribution in [2.75, 3.05) is 31.5 Å². The first-order valence-electron chi connectivity index (χ1n) is 12.8. The van der Waals surface area contributed by atoms with Crippen LogP contribution in [0, 0.1) is 10.5 Å². The summed E-state index contributed by atoms with van der Waals surface area (Å²) in [6.45, 7) is 4.05. The number of benzene rings is 4. The van der Waals surface area contributed by atoms with Crippen LogP contribution >= 0.6 is 22.6 Å². The second kappa shape index (κ2) is 12.0. The minimum atomic E-state index is -3.66. The van der Waals surface area contributed by atoms with Gasteiger partial charge in [-0.25, -0.2) is 8.42 Å². The summed E-state index contributed by atoms with van der Waals surface area (Å²) in [6.07, 6.45) is 0. The van der Waals surface area contributed by atoms with E-state index in [9.17, 15) is 13.2 Å². The number of aryl methyl sites for hydroxylation is 1. The van der Waals surface area contributed by atoms with Gasteiger partial charge in [-0.15, -0.1) is 0 Å². The highest BCUT2D eigenvalue weighted by atomic mass is 127. The van der Waals surface area contributed by atoms with Crippen LogP contribution in [0.5, 0.6) is 0 Å². The van der Waals surface area contributed by atoms with Crippen LogP contribution in [-0.2, 0) is 10.0 Å². The van der Waals surface area contributed by atoms with Gasteiger partial charge < -0.3 is 5.32 Å². The van der Waals surface area contributed by atoms with Crippen LogP contribution in [0.1, 0.15) is 33.1 Å². The Bertz CT molecular complexity index is 1500. The number of amides is 1. The molecule has 8 heteroatoms. The number of carbonyl (C=O) groups is 1. The van der Waals surface area contributed by atoms with Crippen molar-refractivity contribution in [1.29, 1.82) is 0 Å². The number of rotatable bonds is 7. The van der Waals surface area contributed by atoms with Gasteiger partial charge in [-0.2, -0.15) is 4.31 Å². The molecule has 4 aromatic rings. The number of piperazine rings is 1. The number of carbonyl (C=O) groups excluding carboxylic acids is 1. The molecule has 0 bridgehead atoms. The molecule has 1 saturated heterocycles. The molecule has 6 nitrogen and oxygen atoms in total. The maximum atomic E-state index is 13.4. The molecule has 0 aliphatic carbocycles. The van der Waals surface area contributed by atoms with Crippen molar-refractivity contribution in [2.45, 2.75) is 17.9 Å². The lowest BCUT2D eigenvalue weighted by atomic mass is 9.96. The van der Waals surface area contributed by atoms with Crippen molar-refractivity contribution >= 4 is 44.2 Å². The molecule has 1 aliphatic rings. The SMILES string of the molecule is Cc1ccc(C(=O)Nc2ccc(S(=O)(=O)N3CCN(C(c4ccccc4)c4ccccc4)CC3)cc2)cc1I. The first-order valence-corrected chi connectivity index (χ1v) is 15.4. The molecule has 0 saturated carbocycles. The fourth-order valence-electron chi connectivity index (χ4n) is 4.88. The van der Waals surface area contributed by atoms with Crippen LogP contribution in [0.2, 0.25) is 0 Å². The standard InChI is InChI=1S/C31H30IN3O3S/c1-23-12-13-26(22-29(23)32)31(36)33-27-14-16-28(17-15-27)39(37,38)35-20-18-34(19-21-35)30(24-8-4-2-5-9-24)25-10-6-3-7-11-25/h2-17,22,30H,18-21H2,1H3,(H,33,36). The van der Waals surface area contributed by atoms with Gasteiger partial charge in [-0.05, 0) is 82.6 Å². The number of nitrogens with zero attached hydrogens (tertiary/aromatic N) is 2. The summed E-state index contributed by atoms with van der Waals surface area (Å²) in [5.74, 6) is -0.231. The van der Waals surface area contributed by atoms with Gasteiger partial charge in [0.05, 0.1) is 10.9 Å². The number of hydrogen-bond acceptors (Lipinski definition) is 4. The summed E-state index contributed by atoms with van der Waals surface area (Å²) in [5.41, 5.74) is 4.60. The fourth-order valence-corrected chi connectivity index (χ4v) is 6.82. The molecular formula is C31H30IN3O3S. The molecule has 39 heavy (non-hydrogen) atoms. The van der Waals surface area contributed by atoms with E-state index in [-0.39, 0.29) is 16.8 Å². The highest BCUT2D eigenvalue weighted by Gasteiger charge is 2.32. The number of nitrogens with one attached hydrogen (secondary N) is 1. The summed E-state index contributed by atoms with van der Waals surface area (Å²) in [5, 5.41) is 2.86. The van der Waals surface area contributed by atoms with E-state index in [1.54, 1.807) is 34.6 Å². The Labute approximate surface area is 243 Å². The highest BCUT2D eigenvalue weighted by molar-refractivity contribution is 14.1. The maximum Gasteiger partial charge on any atom is 0.255 e. The van der Waals surface area contributed by atoms with Gasteiger partial charge in [0.15, 0.2) is 0 Å². The molecule has 1 fully saturated rings. The lowest BCUT2D eigenvalue weighted by Gasteiger charge is -2.39. The molecule has 1 heterocycles. The number of anilines is 1. The van der Waals surface area contributed by atoms with E-state index < -0.39 is 10.0 Å². The third-order valence-electron chi connectivity index (χ3n) is 7.05. The Morgan fingerprint density at radius 3 is 1.90 bits per heavy atom. The van der Waals surface area contributed by atoms with Crippen molar-refractivity contribution in [3.05, 3.63) is 129 Å². The third-order valence-corrected chi connectivity index (χ3v) is 10.1. The monoisotopic (exact) mass is 651 g/mol. The zero-order valence-electron chi connectivity index (χ0n) is 21.6. The number of hydrogen-bond donors (Lipinski definition) is 1. The normalized spacial score (nSPS) is 14.8. The Hall–Kier alpha value is -3.05. The summed E-state index contributed by atoms with van der Waals surface area (Å²) in [6, 6.07) is 32.7. The zero-order valence-corrected chi connectivity index (χ0v) is 24.6. The first-order chi connectivity index (χ1) is 18.8. The van der Waals surface area contributed by atoms with E-state index in [1.165, 1.54) is 11.1 Å². The molecule has 200 valence electrons. The predicted molar refractivity (Wildman–Crippen MR) is 163 cm³/mol. The topological polar surface area (TPSA) is 69.7 Å². The summed E-state index contributed by atoms with van der Waals surface area (Å²) in [4.78, 5) is 15.2. The summed E-state index contributed by atoms with van der Waals surface area (Å²) in [7, 11) is -3.66. The van der Waals surface area contributed by atoms with Gasteiger partial charge in [0, 0.05) is 41.0 Å². The van der Waals surface area contributed by atoms with Gasteiger partial charge in [0.1, 0.15) is 0 Å². The molecule has 5 rings (SSSR count). The quantitative estimate of drug-likeness (QED) is 0.251. The van der Waals surface area contributed by atoms with Crippen molar-refractivity contribution in [2.24, 2.45) is 0 Å². The second-order valence-electron chi connectivity index (χ2n) is 9.61. The van der Waals surface area contributed by atoms with E-state index in [1.807, 2.05) is 55.5 Å². The molecule has 0 spiro atoms. The lowest BCUT2D eigenvalue weighted by Crippen LogP contribution is -2.49. The van der Waals surface area contributed by atoms with E-state index in [2.05, 4.69) is 57.1 Å². The average molecular weight is 652 g/mol. The zero-order chi connectivity index (χ0) is 27.4. The van der Waals surface area contributed by atoms with Gasteiger partial charge >= 0.3 is 0 Å². The lowest BCUT2D eigenvalue weighted by molar-refractivity contribution is 0.102. The fraction of sp³-hybridized carbons (Fsp3) is 0.194. The van der Waals surface area contributed by atoms with E-state index in [4.69, 9.17) is 0 Å². The molecule has 1 aliphatic heterocycles. The largest absolute Gasteiger partial charge is 0.322 e. The van der Waals surface area contributed by atoms with Crippen LogP contribution in [0.15, 0.2) is 108 Å². The highest BCUT2D eigenvalue weighted by Crippen LogP contribution is 2.30. The van der Waals surface area contributed by atoms with Crippen LogP contribution in [0.25, 0.3) is 0 Å². The Morgan fingerprint density at radius 2 is 1.36 bits per heavy atom. The van der Waals surface area contributed by atoms with Crippen LogP contribution in [0.4, 0.5) is 5.69 Å². The van der Waals surface area contributed by atoms with E-state index in [0.29, 0.717) is 37.4 Å². The summed E-state index contributed by atoms with van der Waals surface area (Å²) < 4.78 is 29.5. The minimum absolute atomic E-state index is 0.0666. The van der Waals surface area contributed by atoms with Crippen molar-refractivity contribution in [3.8, 4) is 0 Å². The van der Waals surface area contributed by atoms with E-state index >= 15 is 0 Å². The first kappa shape index (κ1) is 27.5. The van der Waals surface area contributed by atoms with Crippen molar-refractivity contribution in [1.82, 2.24) is 9.21 Å². The Kier molecular flexibility index (Phi) is 8.46. The molecule has 1 N–H and O–H groups in total. The minimum Gasteiger partial charge on any atom is -0.322 e. The molecule has 0 unspecified atom stereocenters. The average Bonchev–Trinajstić information content (AvgIpc) is 2.96. The number of halogens is 1. The third kappa shape index (κ3) is 6.24. The van der Waals surface area contributed by atoms with Crippen LogP contribution < -0.4 is 5.32 Å². The van der Waals surface area contributed by atoms with Gasteiger partial charge in [-0.3, -0.25) is 9.69 Å². The molecule has 1 amide bonds. The van der Waals surface area contributed by atoms with Crippen molar-refractivity contribution in [3.63, 3.8) is 0 Å². The second-order valence-corrected chi connectivity index (χ2v) is 12.7. The molecule has 4 aromatic carbocycles. The van der Waals surface area contributed by atoms with Crippen LogP contribution in [0.3, 0.4) is 0 Å². The molecule has 0 atom stereocenters. The van der Waals surface area contributed by atoms with E-state index in [0.717, 1.165) is 9.13 Å². The number of sulfonamides is 1. The van der Waals surface area contributed by atoms with Gasteiger partial charge in [0.25, 0.3) is 5.91 Å². The maximum absolute atomic E-state index is 13.4. The molecular weight excluding hydrogens is 621 g/mol. The van der Waals surface area contributed by atoms with Crippen LogP contribution in [-0.4, -0.2) is 49.7 Å².